The minimum atomic E-state index is -0.969. The number of likely N-dealkylation sites (N-methyl/N-ethyl adjacent to an activating group) is 1. The van der Waals surface area contributed by atoms with Crippen molar-refractivity contribution in [2.24, 2.45) is 45.3 Å². The van der Waals surface area contributed by atoms with Gasteiger partial charge in [0.1, 0.15) is 31.5 Å². The van der Waals surface area contributed by atoms with Gasteiger partial charge in [0.2, 0.25) is 0 Å². The van der Waals surface area contributed by atoms with Crippen molar-refractivity contribution in [3.63, 3.8) is 0 Å². The number of ether oxygens (including phenoxy) is 3. The quantitative estimate of drug-likeness (QED) is 0.0658. The van der Waals surface area contributed by atoms with Crippen molar-refractivity contribution in [1.29, 1.82) is 0 Å². The molecule has 3 N–H and O–H groups in total. The van der Waals surface area contributed by atoms with Crippen LogP contribution in [0.5, 0.6) is 5.75 Å². The van der Waals surface area contributed by atoms with E-state index >= 15 is 0 Å². The highest BCUT2D eigenvalue weighted by Crippen LogP contribution is 2.74. The van der Waals surface area contributed by atoms with Crippen LogP contribution in [0.1, 0.15) is 152 Å². The van der Waals surface area contributed by atoms with Gasteiger partial charge >= 0.3 is 11.9 Å². The van der Waals surface area contributed by atoms with Crippen molar-refractivity contribution < 1.29 is 43.6 Å². The number of benzene rings is 2. The Balaban J connectivity index is 0.000000262. The van der Waals surface area contributed by atoms with Gasteiger partial charge in [-0.25, -0.2) is 4.79 Å². The van der Waals surface area contributed by atoms with Crippen molar-refractivity contribution in [3.05, 3.63) is 86.9 Å². The Hall–Kier alpha value is -3.02. The number of rotatable bonds is 16. The fourth-order valence-electron chi connectivity index (χ4n) is 14.0. The van der Waals surface area contributed by atoms with Crippen LogP contribution < -0.4 is 4.74 Å². The van der Waals surface area contributed by atoms with Crippen molar-refractivity contribution in [1.82, 2.24) is 0 Å². The fraction of sp³-hybridized carbons (Fsp3) is 0.690. The van der Waals surface area contributed by atoms with E-state index < -0.39 is 24.1 Å². The van der Waals surface area contributed by atoms with Crippen molar-refractivity contribution in [2.45, 2.75) is 171 Å². The number of fused-ring (bicyclic) bond motifs is 5. The third-order valence-electron chi connectivity index (χ3n) is 17.2. The average molecular weight is 1010 g/mol. The maximum Gasteiger partial charge on any atom is 0.331 e. The Bertz CT molecular complexity index is 2090. The lowest BCUT2D eigenvalue weighted by Crippen LogP contribution is -2.65. The van der Waals surface area contributed by atoms with Gasteiger partial charge in [-0.1, -0.05) is 126 Å². The summed E-state index contributed by atoms with van der Waals surface area (Å²) in [6, 6.07) is 19.2. The molecule has 2 aromatic carbocycles. The summed E-state index contributed by atoms with van der Waals surface area (Å²) < 4.78 is 19.5. The smallest absolute Gasteiger partial charge is 0.331 e. The van der Waals surface area contributed by atoms with Gasteiger partial charge in [-0.15, -0.1) is 0 Å². The van der Waals surface area contributed by atoms with Crippen LogP contribution in [0.25, 0.3) is 0 Å². The number of hydrogen-bond donors (Lipinski definition) is 3. The summed E-state index contributed by atoms with van der Waals surface area (Å²) in [4.78, 5) is 25.0. The summed E-state index contributed by atoms with van der Waals surface area (Å²) in [5.41, 5.74) is 4.64. The van der Waals surface area contributed by atoms with Crippen LogP contribution in [0.3, 0.4) is 0 Å². The van der Waals surface area contributed by atoms with E-state index in [2.05, 4.69) is 147 Å². The Morgan fingerprint density at radius 2 is 1.49 bits per heavy atom. The van der Waals surface area contributed by atoms with E-state index in [0.717, 1.165) is 72.1 Å². The number of aliphatic hydroxyl groups is 2. The number of carboxylic acids is 1. The van der Waals surface area contributed by atoms with Crippen LogP contribution in [-0.2, 0) is 31.0 Å². The molecule has 10 atom stereocenters. The molecule has 4 saturated carbocycles. The van der Waals surface area contributed by atoms with Gasteiger partial charge in [0, 0.05) is 18.1 Å². The Morgan fingerprint density at radius 3 is 2.07 bits per heavy atom. The molecule has 0 radical (unpaired) electrons. The lowest BCUT2D eigenvalue weighted by molar-refractivity contribution is -0.904. The standard InChI is InChI=1S/C31H47BrO6.C27H42NO2/c1-16(2)22(32)9-8-19(28(36)37)26-21-14-24(35)27-29(5)12-11-23(34)17(3)20(29)10-13-30(27,6)31(21,7)15-25(26)38-18(4)33;1-26(2,3)22-27(4,5)24-13-15-25(16-14-24)30-20-19-29-18-17-28(6,7)21-23-11-9-8-10-12-23/h17,20-21,23-25,27,34-35H,8-15H2,1-7H3,(H,36,37);8-16H,17-22H2,1-7H3/q;+1/t17-,20?,21+,23+,24+,25-,27+,29-,30-,31-;/m0./s1. The van der Waals surface area contributed by atoms with E-state index in [-0.39, 0.29) is 45.5 Å². The topological polar surface area (TPSA) is 123 Å². The van der Waals surface area contributed by atoms with E-state index in [1.807, 2.05) is 13.8 Å². The second-order valence-corrected chi connectivity index (χ2v) is 25.6. The van der Waals surface area contributed by atoms with E-state index in [9.17, 15) is 24.9 Å². The van der Waals surface area contributed by atoms with E-state index in [1.165, 1.54) is 18.1 Å². The molecule has 0 heterocycles. The van der Waals surface area contributed by atoms with Crippen LogP contribution in [0, 0.1) is 45.3 Å². The Labute approximate surface area is 419 Å². The molecule has 0 aromatic heterocycles. The first kappa shape index (κ1) is 55.9. The van der Waals surface area contributed by atoms with Crippen LogP contribution in [0.2, 0.25) is 0 Å². The van der Waals surface area contributed by atoms with E-state index in [0.29, 0.717) is 61.4 Å². The monoisotopic (exact) mass is 1010 g/mol. The molecule has 0 amide bonds. The zero-order valence-electron chi connectivity index (χ0n) is 44.3. The second kappa shape index (κ2) is 22.2. The highest BCUT2D eigenvalue weighted by atomic mass is 79.9. The number of aliphatic hydroxyl groups excluding tert-OH is 2. The second-order valence-electron chi connectivity index (χ2n) is 24.6. The molecule has 9 nitrogen and oxygen atoms in total. The largest absolute Gasteiger partial charge is 0.491 e. The number of carbonyl (C=O) groups excluding carboxylic acids is 1. The maximum absolute atomic E-state index is 12.7. The molecule has 68 heavy (non-hydrogen) atoms. The van der Waals surface area contributed by atoms with E-state index in [1.54, 1.807) is 0 Å². The van der Waals surface area contributed by atoms with Crippen molar-refractivity contribution >= 4 is 27.9 Å². The molecule has 0 saturated heterocycles. The summed E-state index contributed by atoms with van der Waals surface area (Å²) in [6.45, 7) is 29.9. The lowest BCUT2D eigenvalue weighted by Gasteiger charge is -2.69. The molecule has 2 aromatic rings. The predicted octanol–water partition coefficient (Wildman–Crippen LogP) is 12.5. The van der Waals surface area contributed by atoms with Gasteiger partial charge in [0.25, 0.3) is 0 Å². The zero-order chi connectivity index (χ0) is 50.6. The van der Waals surface area contributed by atoms with Gasteiger partial charge in [-0.05, 0) is 150 Å². The molecule has 380 valence electrons. The number of aliphatic carboxylic acids is 1. The average Bonchev–Trinajstić information content (AvgIpc) is 3.50. The third-order valence-corrected chi connectivity index (χ3v) is 18.3. The highest BCUT2D eigenvalue weighted by molar-refractivity contribution is 9.11. The number of halogens is 1. The molecule has 4 aliphatic carbocycles. The molecule has 0 aliphatic heterocycles. The molecule has 10 heteroatoms. The summed E-state index contributed by atoms with van der Waals surface area (Å²) in [5.74, 6) is -0.0660. The molecule has 0 spiro atoms. The number of esters is 1. The van der Waals surface area contributed by atoms with Gasteiger partial charge < -0.3 is 34.0 Å². The summed E-state index contributed by atoms with van der Waals surface area (Å²) in [6.07, 6.45) is 5.14. The summed E-state index contributed by atoms with van der Waals surface area (Å²) in [5, 5.41) is 33.0. The highest BCUT2D eigenvalue weighted by Gasteiger charge is 2.71. The van der Waals surface area contributed by atoms with Gasteiger partial charge in [-0.2, -0.15) is 0 Å². The Kier molecular flexibility index (Phi) is 18.2. The zero-order valence-corrected chi connectivity index (χ0v) is 45.9. The first-order chi connectivity index (χ1) is 31.5. The Morgan fingerprint density at radius 1 is 0.838 bits per heavy atom. The number of quaternary nitrogens is 1. The fourth-order valence-corrected chi connectivity index (χ4v) is 14.2. The molecule has 4 fully saturated rings. The first-order valence-electron chi connectivity index (χ1n) is 25.5. The minimum Gasteiger partial charge on any atom is -0.491 e. The SMILES string of the molecule is CC(=O)O[C@H]1C[C@@]2(C)[C@H](C[C@@H](O)[C@@H]3[C@@]4(C)CC[C@@H](O)[C@@H](C)C4CC[C@@]32C)C1=C(CCC(Br)=C(C)C)C(=O)O.CC(C)(C)CC(C)(C)c1ccc(OCCOCC[N+](C)(C)Cc2ccccc2)cc1. The number of hydrogen-bond acceptors (Lipinski definition) is 7. The predicted molar refractivity (Wildman–Crippen MR) is 277 cm³/mol. The van der Waals surface area contributed by atoms with Crippen molar-refractivity contribution in [3.8, 4) is 5.75 Å². The van der Waals surface area contributed by atoms with Crippen LogP contribution in [0.15, 0.2) is 75.8 Å². The van der Waals surface area contributed by atoms with Gasteiger partial charge in [0.15, 0.2) is 0 Å². The lowest BCUT2D eigenvalue weighted by atomic mass is 9.36. The van der Waals surface area contributed by atoms with Gasteiger partial charge in [-0.3, -0.25) is 4.79 Å². The van der Waals surface area contributed by atoms with Crippen LogP contribution in [-0.4, -0.2) is 90.5 Å². The molecular weight excluding hydrogens is 919 g/mol. The molecule has 4 aliphatic rings. The first-order valence-corrected chi connectivity index (χ1v) is 26.3. The van der Waals surface area contributed by atoms with Crippen molar-refractivity contribution in [2.75, 3.05) is 40.5 Å². The number of nitrogens with zero attached hydrogens (tertiary/aromatic N) is 1. The normalized spacial score (nSPS) is 31.0. The maximum atomic E-state index is 12.7. The molecule has 1 unspecified atom stereocenters. The van der Waals surface area contributed by atoms with Crippen LogP contribution in [0.4, 0.5) is 0 Å². The molecular formula is C58H89BrNO8+. The number of carboxylic acid groups (broad SMARTS) is 1. The summed E-state index contributed by atoms with van der Waals surface area (Å²) >= 11 is 3.60. The summed E-state index contributed by atoms with van der Waals surface area (Å²) in [7, 11) is 4.49. The van der Waals surface area contributed by atoms with Crippen LogP contribution >= 0.6 is 15.9 Å². The van der Waals surface area contributed by atoms with E-state index in [4.69, 9.17) is 14.2 Å². The number of allylic oxidation sites excluding steroid dienone is 2. The minimum absolute atomic E-state index is 0.0374. The molecule has 0 bridgehead atoms. The molecule has 6 rings (SSSR count). The number of carbonyl (C=O) groups is 2. The third kappa shape index (κ3) is 12.9. The van der Waals surface area contributed by atoms with Gasteiger partial charge in [0.05, 0.1) is 39.5 Å².